The maximum atomic E-state index is 13.2. The van der Waals surface area contributed by atoms with Gasteiger partial charge in [-0.05, 0) is 47.3 Å². The molecular weight excluding hydrogens is 475 g/mol. The van der Waals surface area contributed by atoms with Crippen molar-refractivity contribution in [3.05, 3.63) is 0 Å². The minimum Gasteiger partial charge on any atom is -0.287 e. The van der Waals surface area contributed by atoms with Gasteiger partial charge in [-0.2, -0.15) is 0 Å². The summed E-state index contributed by atoms with van der Waals surface area (Å²) in [6.07, 6.45) is 2.04. The van der Waals surface area contributed by atoms with Crippen molar-refractivity contribution in [3.63, 3.8) is 0 Å². The fraction of sp³-hybridized carbons (Fsp3) is 0.960. The summed E-state index contributed by atoms with van der Waals surface area (Å²) in [6, 6.07) is 0. The molecule has 0 saturated carbocycles. The second-order valence-corrected chi connectivity index (χ2v) is 15.1. The van der Waals surface area contributed by atoms with Gasteiger partial charge in [-0.3, -0.25) is 4.79 Å². The Bertz CT molecular complexity index is 485. The van der Waals surface area contributed by atoms with Gasteiger partial charge in [0, 0.05) is 14.6 Å². The lowest BCUT2D eigenvalue weighted by Gasteiger charge is -2.47. The summed E-state index contributed by atoms with van der Waals surface area (Å²) >= 11 is 4.21. The molecule has 0 aliphatic heterocycles. The van der Waals surface area contributed by atoms with Crippen molar-refractivity contribution in [3.8, 4) is 0 Å². The molecule has 3 heteroatoms. The van der Waals surface area contributed by atoms with Crippen LogP contribution in [0.2, 0.25) is 0 Å². The number of carbonyl (C=O) groups excluding carboxylic acids is 1. The van der Waals surface area contributed by atoms with Crippen LogP contribution in [0.15, 0.2) is 0 Å². The zero-order chi connectivity index (χ0) is 22.7. The Kier molecular flexibility index (Phi) is 11.2. The number of hydrogen-bond acceptors (Lipinski definition) is 2. The van der Waals surface area contributed by atoms with E-state index in [1.807, 2.05) is 0 Å². The number of alkyl halides is 1. The Hall–Kier alpha value is 0.750. The van der Waals surface area contributed by atoms with Crippen molar-refractivity contribution in [1.82, 2.24) is 0 Å². The second kappa shape index (κ2) is 10.9. The van der Waals surface area contributed by atoms with Gasteiger partial charge in [0.1, 0.15) is 0 Å². The van der Waals surface area contributed by atoms with E-state index in [1.54, 1.807) is 11.8 Å². The molecule has 0 saturated heterocycles. The second-order valence-electron chi connectivity index (χ2n) is 11.7. The monoisotopic (exact) mass is 524 g/mol. The highest BCUT2D eigenvalue weighted by Gasteiger charge is 2.43. The summed E-state index contributed by atoms with van der Waals surface area (Å²) in [6.45, 7) is 29.9. The van der Waals surface area contributed by atoms with Crippen LogP contribution >= 0.6 is 34.4 Å². The number of halogens is 1. The highest BCUT2D eigenvalue weighted by Crippen LogP contribution is 2.49. The molecule has 0 heterocycles. The first-order valence-corrected chi connectivity index (χ1v) is 13.4. The molecule has 0 aromatic heterocycles. The van der Waals surface area contributed by atoms with E-state index in [0.717, 1.165) is 12.8 Å². The van der Waals surface area contributed by atoms with Gasteiger partial charge in [0.15, 0.2) is 5.12 Å². The Labute approximate surface area is 195 Å². The summed E-state index contributed by atoms with van der Waals surface area (Å²) in [7, 11) is 0. The van der Waals surface area contributed by atoms with E-state index in [1.165, 1.54) is 0 Å². The SMILES string of the molecule is CC(CC(C)(C(C)C)C(C(C)C)C(C)I)SC(=O)C(C)(C)CC(C)(C)C(C)C. The molecule has 4 atom stereocenters. The van der Waals surface area contributed by atoms with Crippen molar-refractivity contribution in [2.75, 3.05) is 0 Å². The van der Waals surface area contributed by atoms with Gasteiger partial charge in [-0.1, -0.05) is 124 Å². The van der Waals surface area contributed by atoms with Crippen LogP contribution in [0.4, 0.5) is 0 Å². The summed E-state index contributed by atoms with van der Waals surface area (Å²) in [4.78, 5) is 13.2. The van der Waals surface area contributed by atoms with Gasteiger partial charge in [-0.25, -0.2) is 0 Å². The van der Waals surface area contributed by atoms with E-state index < -0.39 is 0 Å². The Balaban J connectivity index is 5.37. The standard InChI is InChI=1S/C25H49IOS/c1-16(2)21(20(8)26)25(13,18(5)6)14-19(7)28-22(27)24(11,12)15-23(9,10)17(3)4/h16-21H,14-15H2,1-13H3. The van der Waals surface area contributed by atoms with Crippen LogP contribution in [0.5, 0.6) is 0 Å². The fourth-order valence-electron chi connectivity index (χ4n) is 4.99. The maximum Gasteiger partial charge on any atom is 0.194 e. The Morgan fingerprint density at radius 2 is 1.32 bits per heavy atom. The predicted molar refractivity (Wildman–Crippen MR) is 138 cm³/mol. The van der Waals surface area contributed by atoms with Crippen LogP contribution in [-0.4, -0.2) is 14.3 Å². The van der Waals surface area contributed by atoms with Crippen molar-refractivity contribution < 1.29 is 4.79 Å². The van der Waals surface area contributed by atoms with Crippen molar-refractivity contribution in [2.45, 2.75) is 112 Å². The first-order valence-electron chi connectivity index (χ1n) is 11.2. The molecule has 0 amide bonds. The van der Waals surface area contributed by atoms with E-state index >= 15 is 0 Å². The molecule has 0 spiro atoms. The third kappa shape index (κ3) is 7.78. The van der Waals surface area contributed by atoms with Crippen LogP contribution < -0.4 is 0 Å². The smallest absolute Gasteiger partial charge is 0.194 e. The average Bonchev–Trinajstić information content (AvgIpc) is 2.44. The van der Waals surface area contributed by atoms with E-state index in [0.29, 0.717) is 38.0 Å². The van der Waals surface area contributed by atoms with Crippen LogP contribution in [-0.2, 0) is 4.79 Å². The topological polar surface area (TPSA) is 17.1 Å². The van der Waals surface area contributed by atoms with Gasteiger partial charge < -0.3 is 0 Å². The molecule has 0 aliphatic carbocycles. The minimum absolute atomic E-state index is 0.175. The lowest BCUT2D eigenvalue weighted by molar-refractivity contribution is -0.120. The number of rotatable bonds is 11. The van der Waals surface area contributed by atoms with E-state index in [9.17, 15) is 4.79 Å². The van der Waals surface area contributed by atoms with Gasteiger partial charge in [0.05, 0.1) is 0 Å². The Morgan fingerprint density at radius 1 is 0.857 bits per heavy atom. The van der Waals surface area contributed by atoms with Crippen molar-refractivity contribution in [2.24, 2.45) is 39.9 Å². The zero-order valence-electron chi connectivity index (χ0n) is 21.1. The minimum atomic E-state index is -0.283. The Morgan fingerprint density at radius 3 is 1.64 bits per heavy atom. The van der Waals surface area contributed by atoms with E-state index in [4.69, 9.17) is 0 Å². The highest BCUT2D eigenvalue weighted by molar-refractivity contribution is 14.1. The quantitative estimate of drug-likeness (QED) is 0.198. The molecule has 0 N–H and O–H groups in total. The molecule has 0 rings (SSSR count). The van der Waals surface area contributed by atoms with Gasteiger partial charge in [-0.15, -0.1) is 0 Å². The summed E-state index contributed by atoms with van der Waals surface area (Å²) in [5.41, 5.74) is 0.131. The first kappa shape index (κ1) is 28.8. The molecule has 28 heavy (non-hydrogen) atoms. The molecule has 0 aromatic rings. The van der Waals surface area contributed by atoms with Gasteiger partial charge >= 0.3 is 0 Å². The van der Waals surface area contributed by atoms with Crippen LogP contribution in [0.25, 0.3) is 0 Å². The number of hydrogen-bond donors (Lipinski definition) is 0. The summed E-state index contributed by atoms with van der Waals surface area (Å²) in [5.74, 6) is 2.47. The van der Waals surface area contributed by atoms with E-state index in [2.05, 4.69) is 113 Å². The third-order valence-electron chi connectivity index (χ3n) is 7.34. The van der Waals surface area contributed by atoms with Gasteiger partial charge in [0.25, 0.3) is 0 Å². The van der Waals surface area contributed by atoms with Crippen LogP contribution in [0.3, 0.4) is 0 Å². The molecule has 0 bridgehead atoms. The molecule has 0 fully saturated rings. The van der Waals surface area contributed by atoms with Crippen LogP contribution in [0.1, 0.15) is 103 Å². The molecule has 4 unspecified atom stereocenters. The third-order valence-corrected chi connectivity index (χ3v) is 9.45. The zero-order valence-corrected chi connectivity index (χ0v) is 24.0. The van der Waals surface area contributed by atoms with Crippen LogP contribution in [0, 0.1) is 39.9 Å². The molecule has 0 radical (unpaired) electrons. The van der Waals surface area contributed by atoms with Gasteiger partial charge in [0.2, 0.25) is 0 Å². The normalized spacial score (nSPS) is 19.0. The lowest BCUT2D eigenvalue weighted by Crippen LogP contribution is -2.42. The predicted octanol–water partition coefficient (Wildman–Crippen LogP) is 8.88. The molecule has 0 aliphatic rings. The fourth-order valence-corrected chi connectivity index (χ4v) is 7.84. The molecule has 168 valence electrons. The molecule has 0 aromatic carbocycles. The molecular formula is C25H49IOS. The first-order chi connectivity index (χ1) is 12.4. The number of carbonyl (C=O) groups is 1. The number of thioether (sulfide) groups is 1. The van der Waals surface area contributed by atoms with Crippen molar-refractivity contribution in [1.29, 1.82) is 0 Å². The largest absolute Gasteiger partial charge is 0.287 e. The average molecular weight is 525 g/mol. The summed E-state index contributed by atoms with van der Waals surface area (Å²) < 4.78 is 0.626. The van der Waals surface area contributed by atoms with Crippen molar-refractivity contribution >= 4 is 39.5 Å². The highest BCUT2D eigenvalue weighted by atomic mass is 127. The lowest BCUT2D eigenvalue weighted by atomic mass is 9.62. The van der Waals surface area contributed by atoms with E-state index in [-0.39, 0.29) is 16.2 Å². The molecule has 1 nitrogen and oxygen atoms in total. The maximum absolute atomic E-state index is 13.2. The summed E-state index contributed by atoms with van der Waals surface area (Å²) in [5, 5.41) is 0.709.